The lowest BCUT2D eigenvalue weighted by molar-refractivity contribution is 1.28. The minimum atomic E-state index is 1.11. The summed E-state index contributed by atoms with van der Waals surface area (Å²) in [6, 6.07) is 77.1. The van der Waals surface area contributed by atoms with Crippen LogP contribution in [-0.4, -0.2) is 0 Å². The van der Waals surface area contributed by atoms with Crippen molar-refractivity contribution in [1.29, 1.82) is 0 Å². The molecule has 0 bridgehead atoms. The summed E-state index contributed by atoms with van der Waals surface area (Å²) in [6.07, 6.45) is 0. The molecule has 0 fully saturated rings. The minimum Gasteiger partial charge on any atom is -0.310 e. The number of rotatable bonds is 7. The lowest BCUT2D eigenvalue weighted by Crippen LogP contribution is -2.10. The van der Waals surface area contributed by atoms with Crippen LogP contribution in [0.25, 0.3) is 75.5 Å². The van der Waals surface area contributed by atoms with E-state index in [0.29, 0.717) is 0 Å². The van der Waals surface area contributed by atoms with E-state index in [1.165, 1.54) is 75.5 Å². The van der Waals surface area contributed by atoms with Crippen molar-refractivity contribution in [1.82, 2.24) is 0 Å². The van der Waals surface area contributed by atoms with E-state index in [1.54, 1.807) is 0 Å². The minimum absolute atomic E-state index is 1.11. The van der Waals surface area contributed by atoms with Gasteiger partial charge in [0.1, 0.15) is 0 Å². The highest BCUT2D eigenvalue weighted by Gasteiger charge is 2.16. The summed E-state index contributed by atoms with van der Waals surface area (Å²) >= 11 is 1.86. The van der Waals surface area contributed by atoms with Crippen LogP contribution < -0.4 is 4.90 Å². The summed E-state index contributed by atoms with van der Waals surface area (Å²) < 4.78 is 2.65. The predicted molar refractivity (Wildman–Crippen MR) is 233 cm³/mol. The maximum atomic E-state index is 2.37. The van der Waals surface area contributed by atoms with Crippen molar-refractivity contribution in [3.8, 4) is 44.5 Å². The molecule has 0 saturated carbocycles. The number of anilines is 3. The second-order valence-electron chi connectivity index (χ2n) is 13.8. The third-order valence-electron chi connectivity index (χ3n) is 10.5. The molecule has 0 aliphatic heterocycles. The Morgan fingerprint density at radius 3 is 1.59 bits per heavy atom. The molecule has 0 aliphatic rings. The smallest absolute Gasteiger partial charge is 0.0467 e. The summed E-state index contributed by atoms with van der Waals surface area (Å²) in [6.45, 7) is 0. The Labute approximate surface area is 319 Å². The first-order valence-corrected chi connectivity index (χ1v) is 19.2. The summed E-state index contributed by atoms with van der Waals surface area (Å²) in [5.41, 5.74) is 13.0. The van der Waals surface area contributed by atoms with E-state index in [0.717, 1.165) is 17.1 Å². The second-order valence-corrected chi connectivity index (χ2v) is 14.8. The van der Waals surface area contributed by atoms with E-state index in [1.807, 2.05) is 11.3 Å². The fourth-order valence-electron chi connectivity index (χ4n) is 7.76. The number of hydrogen-bond donors (Lipinski definition) is 0. The summed E-state index contributed by atoms with van der Waals surface area (Å²) in [5.74, 6) is 0. The maximum Gasteiger partial charge on any atom is 0.0467 e. The third kappa shape index (κ3) is 5.93. The highest BCUT2D eigenvalue weighted by atomic mass is 32.1. The van der Waals surface area contributed by atoms with Crippen LogP contribution in [0.4, 0.5) is 17.1 Å². The highest BCUT2D eigenvalue weighted by Crippen LogP contribution is 2.41. The van der Waals surface area contributed by atoms with Crippen molar-refractivity contribution in [2.45, 2.75) is 0 Å². The van der Waals surface area contributed by atoms with Gasteiger partial charge >= 0.3 is 0 Å². The number of nitrogens with zero attached hydrogens (tertiary/aromatic N) is 1. The van der Waals surface area contributed by atoms with E-state index in [2.05, 4.69) is 217 Å². The van der Waals surface area contributed by atoms with Crippen molar-refractivity contribution in [2.75, 3.05) is 4.90 Å². The van der Waals surface area contributed by atoms with Gasteiger partial charge in [0.05, 0.1) is 0 Å². The maximum absolute atomic E-state index is 2.37. The van der Waals surface area contributed by atoms with Crippen LogP contribution in [0, 0.1) is 0 Å². The number of fused-ring (bicyclic) bond motifs is 4. The predicted octanol–water partition coefficient (Wildman–Crippen LogP) is 15.3. The average molecular weight is 706 g/mol. The fraction of sp³-hybridized carbons (Fsp3) is 0. The molecule has 254 valence electrons. The molecule has 1 aromatic heterocycles. The monoisotopic (exact) mass is 705 g/mol. The molecule has 9 aromatic carbocycles. The molecule has 0 aliphatic carbocycles. The van der Waals surface area contributed by atoms with Gasteiger partial charge in [-0.15, -0.1) is 11.3 Å². The van der Waals surface area contributed by atoms with Gasteiger partial charge in [-0.3, -0.25) is 0 Å². The molecule has 0 unspecified atom stereocenters. The lowest BCUT2D eigenvalue weighted by atomic mass is 9.97. The van der Waals surface area contributed by atoms with E-state index < -0.39 is 0 Å². The topological polar surface area (TPSA) is 3.24 Å². The summed E-state index contributed by atoms with van der Waals surface area (Å²) in [7, 11) is 0. The van der Waals surface area contributed by atoms with Crippen LogP contribution in [0.5, 0.6) is 0 Å². The first kappa shape index (κ1) is 32.0. The molecule has 0 spiro atoms. The van der Waals surface area contributed by atoms with Gasteiger partial charge in [-0.25, -0.2) is 0 Å². The molecule has 54 heavy (non-hydrogen) atoms. The lowest BCUT2D eigenvalue weighted by Gasteiger charge is -2.26. The van der Waals surface area contributed by atoms with Gasteiger partial charge < -0.3 is 4.90 Å². The quantitative estimate of drug-likeness (QED) is 0.160. The van der Waals surface area contributed by atoms with E-state index >= 15 is 0 Å². The zero-order valence-corrected chi connectivity index (χ0v) is 30.4. The van der Waals surface area contributed by atoms with Crippen molar-refractivity contribution < 1.29 is 0 Å². The SMILES string of the molecule is c1ccc(-c2cccc(-c3cccc(N(c4ccc(-c5ccc6c(c5)sc5ccccc56)cc4)c4ccc(-c5cccc6ccccc56)cc4)c3)c2)cc1. The van der Waals surface area contributed by atoms with Gasteiger partial charge in [0.25, 0.3) is 0 Å². The Morgan fingerprint density at radius 1 is 0.278 bits per heavy atom. The molecule has 1 heterocycles. The molecule has 0 radical (unpaired) electrons. The molecule has 0 N–H and O–H groups in total. The molecule has 1 nitrogen and oxygen atoms in total. The van der Waals surface area contributed by atoms with Gasteiger partial charge in [-0.05, 0) is 110 Å². The second kappa shape index (κ2) is 13.7. The first-order valence-electron chi connectivity index (χ1n) is 18.4. The Bertz CT molecular complexity index is 2920. The van der Waals surface area contributed by atoms with Gasteiger partial charge in [-0.1, -0.05) is 158 Å². The zero-order chi connectivity index (χ0) is 35.8. The van der Waals surface area contributed by atoms with Crippen LogP contribution in [-0.2, 0) is 0 Å². The van der Waals surface area contributed by atoms with Crippen LogP contribution in [0.15, 0.2) is 212 Å². The molecule has 0 saturated heterocycles. The van der Waals surface area contributed by atoms with E-state index in [9.17, 15) is 0 Å². The summed E-state index contributed by atoms with van der Waals surface area (Å²) in [4.78, 5) is 2.37. The molecular formula is C52H35NS. The Hall–Kier alpha value is -6.74. The van der Waals surface area contributed by atoms with Crippen molar-refractivity contribution in [3.63, 3.8) is 0 Å². The largest absolute Gasteiger partial charge is 0.310 e. The Balaban J connectivity index is 1.05. The van der Waals surface area contributed by atoms with Gasteiger partial charge in [0.2, 0.25) is 0 Å². The standard InChI is InChI=1S/C52H35NS/c1-2-11-36(12-3-1)40-15-8-16-41(33-40)42-17-9-18-46(34-42)53(45-30-25-39(26-31-45)48-21-10-14-38-13-4-5-19-47(38)48)44-28-23-37(24-29-44)43-27-32-50-49-20-6-7-22-51(49)54-52(50)35-43/h1-35H. The molecule has 0 atom stereocenters. The molecule has 10 rings (SSSR count). The molecule has 2 heteroatoms. The van der Waals surface area contributed by atoms with Crippen LogP contribution in [0.1, 0.15) is 0 Å². The van der Waals surface area contributed by atoms with E-state index in [4.69, 9.17) is 0 Å². The Kier molecular flexibility index (Phi) is 8.09. The third-order valence-corrected chi connectivity index (χ3v) is 11.6. The van der Waals surface area contributed by atoms with Crippen molar-refractivity contribution in [2.24, 2.45) is 0 Å². The van der Waals surface area contributed by atoms with Crippen LogP contribution >= 0.6 is 11.3 Å². The average Bonchev–Trinajstić information content (AvgIpc) is 3.63. The highest BCUT2D eigenvalue weighted by molar-refractivity contribution is 7.25. The van der Waals surface area contributed by atoms with Crippen LogP contribution in [0.2, 0.25) is 0 Å². The molecular weight excluding hydrogens is 671 g/mol. The Morgan fingerprint density at radius 2 is 0.796 bits per heavy atom. The van der Waals surface area contributed by atoms with Gasteiger partial charge in [-0.2, -0.15) is 0 Å². The van der Waals surface area contributed by atoms with Crippen molar-refractivity contribution >= 4 is 59.3 Å². The van der Waals surface area contributed by atoms with Gasteiger partial charge in [0, 0.05) is 37.2 Å². The molecule has 0 amide bonds. The molecule has 10 aromatic rings. The summed E-state index contributed by atoms with van der Waals surface area (Å²) in [5, 5.41) is 5.17. The van der Waals surface area contributed by atoms with Crippen LogP contribution in [0.3, 0.4) is 0 Å². The number of benzene rings is 9. The van der Waals surface area contributed by atoms with E-state index in [-0.39, 0.29) is 0 Å². The first-order chi connectivity index (χ1) is 26.7. The normalized spacial score (nSPS) is 11.3. The number of hydrogen-bond acceptors (Lipinski definition) is 2. The fourth-order valence-corrected chi connectivity index (χ4v) is 8.90. The van der Waals surface area contributed by atoms with Crippen molar-refractivity contribution in [3.05, 3.63) is 212 Å². The zero-order valence-electron chi connectivity index (χ0n) is 29.6. The van der Waals surface area contributed by atoms with Gasteiger partial charge in [0.15, 0.2) is 0 Å². The number of thiophene rings is 1.